The molecule has 5 heteroatoms. The standard InChI is InChI=1S/C17H21N3OS/c1-11-8-9-14(12(2)10-11)15(21)18-17-20-19-16(22-17)13-6-4-3-5-7-13/h8-10,13H,3-7H2,1-2H3,(H,18,20,21). The Morgan fingerprint density at radius 2 is 1.95 bits per heavy atom. The van der Waals surface area contributed by atoms with Crippen LogP contribution in [0.2, 0.25) is 0 Å². The average Bonchev–Trinajstić information content (AvgIpc) is 2.96. The van der Waals surface area contributed by atoms with Crippen LogP contribution in [-0.2, 0) is 0 Å². The number of hydrogen-bond acceptors (Lipinski definition) is 4. The molecule has 0 bridgehead atoms. The highest BCUT2D eigenvalue weighted by atomic mass is 32.1. The van der Waals surface area contributed by atoms with Crippen molar-refractivity contribution in [3.05, 3.63) is 39.9 Å². The summed E-state index contributed by atoms with van der Waals surface area (Å²) < 4.78 is 0. The fourth-order valence-electron chi connectivity index (χ4n) is 3.03. The summed E-state index contributed by atoms with van der Waals surface area (Å²) in [5.41, 5.74) is 2.83. The Kier molecular flexibility index (Phi) is 4.52. The third-order valence-electron chi connectivity index (χ3n) is 4.24. The molecule has 2 aromatic rings. The van der Waals surface area contributed by atoms with Gasteiger partial charge in [0.25, 0.3) is 5.91 Å². The molecule has 3 rings (SSSR count). The summed E-state index contributed by atoms with van der Waals surface area (Å²) in [5, 5.41) is 13.0. The molecule has 0 spiro atoms. The maximum Gasteiger partial charge on any atom is 0.257 e. The van der Waals surface area contributed by atoms with E-state index in [0.717, 1.165) is 16.1 Å². The van der Waals surface area contributed by atoms with Crippen molar-refractivity contribution >= 4 is 22.4 Å². The molecule has 0 radical (unpaired) electrons. The summed E-state index contributed by atoms with van der Waals surface area (Å²) in [6, 6.07) is 5.83. The summed E-state index contributed by atoms with van der Waals surface area (Å²) in [6.07, 6.45) is 6.26. The fourth-order valence-corrected chi connectivity index (χ4v) is 3.94. The average molecular weight is 315 g/mol. The van der Waals surface area contributed by atoms with Crippen LogP contribution < -0.4 is 5.32 Å². The third-order valence-corrected chi connectivity index (χ3v) is 5.24. The lowest BCUT2D eigenvalue weighted by atomic mass is 9.90. The molecule has 1 aromatic carbocycles. The summed E-state index contributed by atoms with van der Waals surface area (Å²) in [6.45, 7) is 3.98. The largest absolute Gasteiger partial charge is 0.296 e. The maximum atomic E-state index is 12.4. The summed E-state index contributed by atoms with van der Waals surface area (Å²) >= 11 is 1.52. The molecule has 1 aliphatic rings. The van der Waals surface area contributed by atoms with Crippen molar-refractivity contribution in [3.8, 4) is 0 Å². The van der Waals surface area contributed by atoms with Crippen LogP contribution in [0.25, 0.3) is 0 Å². The van der Waals surface area contributed by atoms with E-state index in [2.05, 4.69) is 15.5 Å². The quantitative estimate of drug-likeness (QED) is 0.910. The highest BCUT2D eigenvalue weighted by Gasteiger charge is 2.20. The van der Waals surface area contributed by atoms with Gasteiger partial charge in [-0.3, -0.25) is 10.1 Å². The molecule has 116 valence electrons. The van der Waals surface area contributed by atoms with E-state index in [-0.39, 0.29) is 5.91 Å². The minimum absolute atomic E-state index is 0.108. The second-order valence-electron chi connectivity index (χ2n) is 6.05. The van der Waals surface area contributed by atoms with E-state index in [1.165, 1.54) is 43.4 Å². The SMILES string of the molecule is Cc1ccc(C(=O)Nc2nnc(C3CCCCC3)s2)c(C)c1. The lowest BCUT2D eigenvalue weighted by Crippen LogP contribution is -2.13. The van der Waals surface area contributed by atoms with E-state index in [9.17, 15) is 4.79 Å². The van der Waals surface area contributed by atoms with E-state index in [1.807, 2.05) is 32.0 Å². The van der Waals surface area contributed by atoms with Gasteiger partial charge >= 0.3 is 0 Å². The molecule has 0 unspecified atom stereocenters. The molecular formula is C17H21N3OS. The van der Waals surface area contributed by atoms with Crippen LogP contribution in [0.15, 0.2) is 18.2 Å². The monoisotopic (exact) mass is 315 g/mol. The zero-order chi connectivity index (χ0) is 15.5. The summed E-state index contributed by atoms with van der Waals surface area (Å²) in [5.74, 6) is 0.418. The van der Waals surface area contributed by atoms with Gasteiger partial charge in [-0.15, -0.1) is 10.2 Å². The van der Waals surface area contributed by atoms with Gasteiger partial charge in [0.1, 0.15) is 5.01 Å². The molecule has 4 nitrogen and oxygen atoms in total. The lowest BCUT2D eigenvalue weighted by Gasteiger charge is -2.18. The maximum absolute atomic E-state index is 12.4. The van der Waals surface area contributed by atoms with Gasteiger partial charge in [-0.05, 0) is 38.3 Å². The Balaban J connectivity index is 1.70. The number of rotatable bonds is 3. The molecule has 1 aromatic heterocycles. The van der Waals surface area contributed by atoms with Crippen LogP contribution in [0.1, 0.15) is 64.5 Å². The van der Waals surface area contributed by atoms with Crippen molar-refractivity contribution in [2.75, 3.05) is 5.32 Å². The third kappa shape index (κ3) is 3.35. The van der Waals surface area contributed by atoms with Crippen LogP contribution in [0.5, 0.6) is 0 Å². The van der Waals surface area contributed by atoms with Crippen molar-refractivity contribution in [1.82, 2.24) is 10.2 Å². The second-order valence-corrected chi connectivity index (χ2v) is 7.06. The number of amides is 1. The normalized spacial score (nSPS) is 15.7. The van der Waals surface area contributed by atoms with Crippen molar-refractivity contribution in [2.45, 2.75) is 51.9 Å². The van der Waals surface area contributed by atoms with Crippen LogP contribution in [0, 0.1) is 13.8 Å². The molecule has 0 aliphatic heterocycles. The smallest absolute Gasteiger partial charge is 0.257 e. The first-order valence-corrected chi connectivity index (χ1v) is 8.67. The predicted molar refractivity (Wildman–Crippen MR) is 89.6 cm³/mol. The Hall–Kier alpha value is -1.75. The summed E-state index contributed by atoms with van der Waals surface area (Å²) in [4.78, 5) is 12.4. The van der Waals surface area contributed by atoms with Crippen LogP contribution in [0.4, 0.5) is 5.13 Å². The molecule has 0 atom stereocenters. The number of aromatic nitrogens is 2. The first-order valence-electron chi connectivity index (χ1n) is 7.85. The number of anilines is 1. The minimum atomic E-state index is -0.108. The Morgan fingerprint density at radius 3 is 2.68 bits per heavy atom. The molecule has 1 fully saturated rings. The number of carbonyl (C=O) groups is 1. The molecule has 1 saturated carbocycles. The van der Waals surface area contributed by atoms with Crippen molar-refractivity contribution < 1.29 is 4.79 Å². The van der Waals surface area contributed by atoms with Crippen molar-refractivity contribution in [3.63, 3.8) is 0 Å². The van der Waals surface area contributed by atoms with Gasteiger partial charge in [0, 0.05) is 11.5 Å². The van der Waals surface area contributed by atoms with Gasteiger partial charge in [0.05, 0.1) is 0 Å². The lowest BCUT2D eigenvalue weighted by molar-refractivity contribution is 0.102. The first-order chi connectivity index (χ1) is 10.6. The van der Waals surface area contributed by atoms with Crippen LogP contribution >= 0.6 is 11.3 Å². The second kappa shape index (κ2) is 6.57. The molecular weight excluding hydrogens is 294 g/mol. The molecule has 1 heterocycles. The Bertz CT molecular complexity index is 674. The molecule has 1 amide bonds. The number of nitrogens with zero attached hydrogens (tertiary/aromatic N) is 2. The summed E-state index contributed by atoms with van der Waals surface area (Å²) in [7, 11) is 0. The van der Waals surface area contributed by atoms with Crippen molar-refractivity contribution in [1.29, 1.82) is 0 Å². The number of nitrogens with one attached hydrogen (secondary N) is 1. The van der Waals surface area contributed by atoms with E-state index < -0.39 is 0 Å². The van der Waals surface area contributed by atoms with Gasteiger partial charge in [0.2, 0.25) is 5.13 Å². The number of benzene rings is 1. The topological polar surface area (TPSA) is 54.9 Å². The zero-order valence-electron chi connectivity index (χ0n) is 13.1. The first kappa shape index (κ1) is 15.2. The minimum Gasteiger partial charge on any atom is -0.296 e. The number of aryl methyl sites for hydroxylation is 2. The van der Waals surface area contributed by atoms with E-state index in [0.29, 0.717) is 16.6 Å². The Morgan fingerprint density at radius 1 is 1.18 bits per heavy atom. The fraction of sp³-hybridized carbons (Fsp3) is 0.471. The van der Waals surface area contributed by atoms with E-state index in [1.54, 1.807) is 0 Å². The molecule has 1 aliphatic carbocycles. The van der Waals surface area contributed by atoms with Gasteiger partial charge in [-0.1, -0.05) is 48.3 Å². The highest BCUT2D eigenvalue weighted by Crippen LogP contribution is 2.35. The van der Waals surface area contributed by atoms with Crippen LogP contribution in [0.3, 0.4) is 0 Å². The van der Waals surface area contributed by atoms with Gasteiger partial charge in [-0.25, -0.2) is 0 Å². The number of carbonyl (C=O) groups excluding carboxylic acids is 1. The molecule has 0 saturated heterocycles. The van der Waals surface area contributed by atoms with Crippen molar-refractivity contribution in [2.24, 2.45) is 0 Å². The van der Waals surface area contributed by atoms with Gasteiger partial charge < -0.3 is 0 Å². The van der Waals surface area contributed by atoms with Gasteiger partial charge in [0.15, 0.2) is 0 Å². The highest BCUT2D eigenvalue weighted by molar-refractivity contribution is 7.15. The molecule has 1 N–H and O–H groups in total. The number of hydrogen-bond donors (Lipinski definition) is 1. The Labute approximate surface area is 135 Å². The van der Waals surface area contributed by atoms with E-state index >= 15 is 0 Å². The van der Waals surface area contributed by atoms with E-state index in [4.69, 9.17) is 0 Å². The molecule has 22 heavy (non-hydrogen) atoms. The van der Waals surface area contributed by atoms with Crippen LogP contribution in [-0.4, -0.2) is 16.1 Å². The van der Waals surface area contributed by atoms with Gasteiger partial charge in [-0.2, -0.15) is 0 Å². The zero-order valence-corrected chi connectivity index (χ0v) is 13.9. The predicted octanol–water partition coefficient (Wildman–Crippen LogP) is 4.45.